The number of hydrogen-bond acceptors (Lipinski definition) is 2. The Kier molecular flexibility index (Phi) is 7.77. The maximum absolute atomic E-state index is 7.65. The smallest absolute Gasteiger partial charge is 0.222 e. The third-order valence-corrected chi connectivity index (χ3v) is 0.827. The highest BCUT2D eigenvalue weighted by molar-refractivity contribution is 7.99. The molecule has 0 aromatic carbocycles. The fourth-order valence-electron chi connectivity index (χ4n) is 0.510. The van der Waals surface area contributed by atoms with Gasteiger partial charge in [0, 0.05) is 13.2 Å². The Morgan fingerprint density at radius 2 is 1.56 bits per heavy atom. The minimum absolute atomic E-state index is 1.00. The molecule has 0 atom stereocenters. The van der Waals surface area contributed by atoms with Gasteiger partial charge in [-0.05, 0) is 35.3 Å². The van der Waals surface area contributed by atoms with Crippen molar-refractivity contribution in [3.05, 3.63) is 0 Å². The fourth-order valence-corrected chi connectivity index (χ4v) is 0.510. The lowest BCUT2D eigenvalue weighted by Crippen LogP contribution is -1.74. The van der Waals surface area contributed by atoms with Gasteiger partial charge in [-0.3, -0.25) is 0 Å². The van der Waals surface area contributed by atoms with Gasteiger partial charge >= 0.3 is 0 Å². The molecule has 1 heterocycles. The van der Waals surface area contributed by atoms with Crippen LogP contribution >= 0.6 is 29.3 Å². The van der Waals surface area contributed by atoms with Crippen LogP contribution in [-0.4, -0.2) is 18.1 Å². The summed E-state index contributed by atoms with van der Waals surface area (Å²) in [6.07, 6.45) is 2.56. The highest BCUT2D eigenvalue weighted by Gasteiger charge is 1.94. The van der Waals surface area contributed by atoms with Crippen molar-refractivity contribution in [2.24, 2.45) is 0 Å². The van der Waals surface area contributed by atoms with Crippen LogP contribution in [0.4, 0.5) is 0 Å². The molecule has 2 nitrogen and oxygen atoms in total. The quantitative estimate of drug-likeness (QED) is 0.596. The monoisotopic (exact) mass is 190 g/mol. The van der Waals surface area contributed by atoms with Crippen molar-refractivity contribution in [1.82, 2.24) is 0 Å². The van der Waals surface area contributed by atoms with Crippen LogP contribution < -0.4 is 0 Å². The fraction of sp³-hybridized carbons (Fsp3) is 1.00. The Bertz CT molecular complexity index is 48.2. The van der Waals surface area contributed by atoms with E-state index in [2.05, 4.69) is 22.5 Å². The molecular weight excluding hydrogens is 182 g/mol. The van der Waals surface area contributed by atoms with Crippen LogP contribution in [0.3, 0.4) is 0 Å². The second-order valence-corrected chi connectivity index (χ2v) is 4.41. The standard InChI is InChI=1S/C4H8O.Cl2HOP/c1-2-4-5-3-1;1-4(2)3/h1-4H2;3H. The average Bonchev–Trinajstić information content (AvgIpc) is 2.11. The van der Waals surface area contributed by atoms with E-state index in [0.717, 1.165) is 13.2 Å². The van der Waals surface area contributed by atoms with E-state index < -0.39 is 6.85 Å². The van der Waals surface area contributed by atoms with Crippen LogP contribution in [-0.2, 0) is 4.74 Å². The van der Waals surface area contributed by atoms with Crippen molar-refractivity contribution >= 4 is 29.3 Å². The molecular formula is C4H9Cl2O2P. The summed E-state index contributed by atoms with van der Waals surface area (Å²) < 4.78 is 4.94. The van der Waals surface area contributed by atoms with Gasteiger partial charge in [0.15, 0.2) is 0 Å². The Labute approximate surface area is 65.5 Å². The Balaban J connectivity index is 0.000000148. The molecule has 0 unspecified atom stereocenters. The molecule has 5 heteroatoms. The van der Waals surface area contributed by atoms with Gasteiger partial charge in [0.2, 0.25) is 6.85 Å². The number of hydrogen-bond donors (Lipinski definition) is 1. The molecule has 0 spiro atoms. The van der Waals surface area contributed by atoms with E-state index in [9.17, 15) is 0 Å². The summed E-state index contributed by atoms with van der Waals surface area (Å²) in [4.78, 5) is 7.65. The predicted molar refractivity (Wildman–Crippen MR) is 40.9 cm³/mol. The largest absolute Gasteiger partial charge is 0.381 e. The summed E-state index contributed by atoms with van der Waals surface area (Å²) >= 11 is 9.32. The van der Waals surface area contributed by atoms with E-state index in [0.29, 0.717) is 0 Å². The van der Waals surface area contributed by atoms with Gasteiger partial charge in [-0.2, -0.15) is 0 Å². The van der Waals surface area contributed by atoms with E-state index in [-0.39, 0.29) is 0 Å². The third-order valence-electron chi connectivity index (χ3n) is 0.827. The van der Waals surface area contributed by atoms with Crippen LogP contribution in [0.5, 0.6) is 0 Å². The molecule has 0 aliphatic carbocycles. The van der Waals surface area contributed by atoms with Gasteiger partial charge < -0.3 is 9.63 Å². The van der Waals surface area contributed by atoms with Crippen molar-refractivity contribution < 1.29 is 9.63 Å². The summed E-state index contributed by atoms with van der Waals surface area (Å²) in [5.41, 5.74) is 0. The first-order valence-electron chi connectivity index (χ1n) is 2.62. The first-order valence-corrected chi connectivity index (χ1v) is 5.72. The highest BCUT2D eigenvalue weighted by atomic mass is 35.9. The third kappa shape index (κ3) is 12.2. The van der Waals surface area contributed by atoms with Crippen LogP contribution in [0.1, 0.15) is 12.8 Å². The van der Waals surface area contributed by atoms with Crippen LogP contribution in [0.25, 0.3) is 0 Å². The minimum Gasteiger partial charge on any atom is -0.381 e. The van der Waals surface area contributed by atoms with Gasteiger partial charge in [0.25, 0.3) is 0 Å². The molecule has 1 N–H and O–H groups in total. The van der Waals surface area contributed by atoms with E-state index >= 15 is 0 Å². The maximum atomic E-state index is 7.65. The first-order chi connectivity index (χ1) is 4.23. The molecule has 1 saturated heterocycles. The predicted octanol–water partition coefficient (Wildman–Crippen LogP) is 2.48. The van der Waals surface area contributed by atoms with Crippen LogP contribution in [0, 0.1) is 0 Å². The van der Waals surface area contributed by atoms with Gasteiger partial charge in [-0.1, -0.05) is 0 Å². The molecule has 1 fully saturated rings. The lowest BCUT2D eigenvalue weighted by molar-refractivity contribution is 0.198. The van der Waals surface area contributed by atoms with Crippen LogP contribution in [0.15, 0.2) is 0 Å². The summed E-state index contributed by atoms with van der Waals surface area (Å²) in [5.74, 6) is 0. The number of rotatable bonds is 0. The van der Waals surface area contributed by atoms with Crippen molar-refractivity contribution in [3.63, 3.8) is 0 Å². The summed E-state index contributed by atoms with van der Waals surface area (Å²) in [6.45, 7) is 0.324. The molecule has 0 saturated carbocycles. The molecule has 0 radical (unpaired) electrons. The number of halogens is 2. The van der Waals surface area contributed by atoms with Crippen molar-refractivity contribution in [1.29, 1.82) is 0 Å². The van der Waals surface area contributed by atoms with Crippen molar-refractivity contribution in [2.75, 3.05) is 13.2 Å². The lowest BCUT2D eigenvalue weighted by Gasteiger charge is -1.76. The zero-order chi connectivity index (χ0) is 7.11. The number of ether oxygens (including phenoxy) is 1. The minimum atomic E-state index is -1.68. The topological polar surface area (TPSA) is 29.5 Å². The Morgan fingerprint density at radius 3 is 1.67 bits per heavy atom. The average molecular weight is 191 g/mol. The van der Waals surface area contributed by atoms with Crippen molar-refractivity contribution in [3.8, 4) is 0 Å². The molecule has 1 aliphatic heterocycles. The normalized spacial score (nSPS) is 17.3. The maximum Gasteiger partial charge on any atom is 0.222 e. The molecule has 56 valence electrons. The zero-order valence-electron chi connectivity index (χ0n) is 4.89. The molecule has 1 rings (SSSR count). The van der Waals surface area contributed by atoms with Crippen molar-refractivity contribution in [2.45, 2.75) is 12.8 Å². The van der Waals surface area contributed by atoms with E-state index in [1.807, 2.05) is 0 Å². The van der Waals surface area contributed by atoms with E-state index in [1.165, 1.54) is 12.8 Å². The summed E-state index contributed by atoms with van der Waals surface area (Å²) in [7, 11) is 0. The molecule has 1 aliphatic rings. The van der Waals surface area contributed by atoms with Gasteiger partial charge in [-0.25, -0.2) is 0 Å². The second kappa shape index (κ2) is 7.04. The van der Waals surface area contributed by atoms with Crippen LogP contribution in [0.2, 0.25) is 0 Å². The first kappa shape index (κ1) is 9.93. The lowest BCUT2D eigenvalue weighted by atomic mass is 10.4. The van der Waals surface area contributed by atoms with E-state index in [1.54, 1.807) is 0 Å². The molecule has 0 bridgehead atoms. The van der Waals surface area contributed by atoms with Gasteiger partial charge in [0.1, 0.15) is 0 Å². The second-order valence-electron chi connectivity index (χ2n) is 1.53. The van der Waals surface area contributed by atoms with Gasteiger partial charge in [0.05, 0.1) is 0 Å². The zero-order valence-corrected chi connectivity index (χ0v) is 7.29. The van der Waals surface area contributed by atoms with E-state index in [4.69, 9.17) is 9.63 Å². The summed E-state index contributed by atoms with van der Waals surface area (Å²) in [6, 6.07) is 0. The Morgan fingerprint density at radius 1 is 1.22 bits per heavy atom. The molecule has 9 heavy (non-hydrogen) atoms. The molecule has 0 aromatic rings. The SMILES string of the molecule is C1CCOC1.OP(Cl)Cl. The van der Waals surface area contributed by atoms with Gasteiger partial charge in [-0.15, -0.1) is 0 Å². The highest BCUT2D eigenvalue weighted by Crippen LogP contribution is 2.40. The Hall–Kier alpha value is 0.930. The molecule has 0 aromatic heterocycles. The molecule has 0 amide bonds. The summed E-state index contributed by atoms with van der Waals surface area (Å²) in [5, 5.41) is 0.